The molecule has 8 heteroatoms. The fourth-order valence-electron chi connectivity index (χ4n) is 4.61. The van der Waals surface area contributed by atoms with Gasteiger partial charge in [-0.1, -0.05) is 60.7 Å². The number of amides is 1. The van der Waals surface area contributed by atoms with Crippen molar-refractivity contribution >= 4 is 11.8 Å². The summed E-state index contributed by atoms with van der Waals surface area (Å²) in [6.07, 6.45) is 1.18. The van der Waals surface area contributed by atoms with Crippen LogP contribution in [-0.4, -0.2) is 62.7 Å². The van der Waals surface area contributed by atoms with Crippen LogP contribution >= 0.6 is 0 Å². The number of aliphatic imine (C=N–C) groups is 1. The predicted octanol–water partition coefficient (Wildman–Crippen LogP) is 4.68. The number of methoxy groups -OCH3 is 2. The topological polar surface area (TPSA) is 98.6 Å². The molecular weight excluding hydrogens is 508 g/mol. The van der Waals surface area contributed by atoms with E-state index in [0.29, 0.717) is 30.2 Å². The summed E-state index contributed by atoms with van der Waals surface area (Å²) in [7, 11) is 3.03. The number of hydrogen-bond donors (Lipinski definition) is 2. The summed E-state index contributed by atoms with van der Waals surface area (Å²) in [5, 5.41) is 11.9. The van der Waals surface area contributed by atoms with Crippen molar-refractivity contribution in [1.29, 1.82) is 0 Å². The zero-order chi connectivity index (χ0) is 28.4. The van der Waals surface area contributed by atoms with Crippen LogP contribution in [0.2, 0.25) is 0 Å². The van der Waals surface area contributed by atoms with E-state index in [0.717, 1.165) is 16.7 Å². The van der Waals surface area contributed by atoms with Gasteiger partial charge in [-0.05, 0) is 41.0 Å². The molecule has 8 nitrogen and oxygen atoms in total. The normalized spacial score (nSPS) is 18.2. The number of benzene rings is 3. The van der Waals surface area contributed by atoms with Crippen LogP contribution in [0.4, 0.5) is 0 Å². The summed E-state index contributed by atoms with van der Waals surface area (Å²) in [5.74, 6) is 0.706. The Morgan fingerprint density at radius 1 is 1.02 bits per heavy atom. The van der Waals surface area contributed by atoms with E-state index in [4.69, 9.17) is 29.0 Å². The largest absolute Gasteiger partial charge is 0.494 e. The smallest absolute Gasteiger partial charge is 0.252 e. The highest BCUT2D eigenvalue weighted by Gasteiger charge is 2.52. The zero-order valence-corrected chi connectivity index (χ0v) is 22.9. The molecule has 3 aromatic carbocycles. The molecule has 210 valence electrons. The van der Waals surface area contributed by atoms with Gasteiger partial charge >= 0.3 is 0 Å². The van der Waals surface area contributed by atoms with E-state index in [-0.39, 0.29) is 25.5 Å². The number of nitrogens with one attached hydrogen (secondary N) is 1. The van der Waals surface area contributed by atoms with Crippen molar-refractivity contribution in [2.45, 2.75) is 30.8 Å². The molecule has 0 spiro atoms. The third-order valence-corrected chi connectivity index (χ3v) is 6.76. The number of ether oxygens (including phenoxy) is 4. The second-order valence-corrected chi connectivity index (χ2v) is 9.38. The van der Waals surface area contributed by atoms with Gasteiger partial charge in [-0.15, -0.1) is 6.58 Å². The quantitative estimate of drug-likeness (QED) is 0.174. The van der Waals surface area contributed by atoms with Crippen molar-refractivity contribution in [2.75, 3.05) is 34.0 Å². The molecule has 2 N–H and O–H groups in total. The summed E-state index contributed by atoms with van der Waals surface area (Å²) < 4.78 is 22.6. The molecule has 0 saturated carbocycles. The minimum Gasteiger partial charge on any atom is -0.494 e. The highest BCUT2D eigenvalue weighted by Crippen LogP contribution is 2.43. The molecule has 0 aliphatic carbocycles. The van der Waals surface area contributed by atoms with Gasteiger partial charge in [-0.25, -0.2) is 4.99 Å². The number of nitrogens with zero attached hydrogens (tertiary/aromatic N) is 1. The molecule has 2 atom stereocenters. The molecular formula is C32H36N2O6. The van der Waals surface area contributed by atoms with Crippen LogP contribution in [0.15, 0.2) is 96.5 Å². The first-order valence-corrected chi connectivity index (χ1v) is 13.3. The van der Waals surface area contributed by atoms with E-state index in [1.807, 2.05) is 66.7 Å². The van der Waals surface area contributed by atoms with Crippen LogP contribution < -0.4 is 10.1 Å². The molecule has 4 rings (SSSR count). The standard InChI is InChI=1S/C32H36N2O6/c1-4-19-32(31(36)33-22-28(37-2)38-3)29(25-13-11-24(12-14-25)23-9-6-5-7-10-23)40-30(34-32)26-15-17-27(18-16-26)39-21-8-20-35/h4-7,9-18,28-29,35H,1,8,19-22H2,2-3H3,(H,33,36)/t29-,32-/m1/s1. The lowest BCUT2D eigenvalue weighted by atomic mass is 9.84. The molecule has 0 unspecified atom stereocenters. The highest BCUT2D eigenvalue weighted by molar-refractivity contribution is 6.01. The third kappa shape index (κ3) is 6.59. The zero-order valence-electron chi connectivity index (χ0n) is 22.9. The van der Waals surface area contributed by atoms with Crippen molar-refractivity contribution in [1.82, 2.24) is 5.32 Å². The predicted molar refractivity (Wildman–Crippen MR) is 154 cm³/mol. The highest BCUT2D eigenvalue weighted by atomic mass is 16.7. The molecule has 0 bridgehead atoms. The number of rotatable bonds is 14. The summed E-state index contributed by atoms with van der Waals surface area (Å²) in [5.41, 5.74) is 2.38. The lowest BCUT2D eigenvalue weighted by Crippen LogP contribution is -2.50. The molecule has 0 radical (unpaired) electrons. The number of aliphatic hydroxyl groups is 1. The van der Waals surface area contributed by atoms with Crippen LogP contribution in [0.3, 0.4) is 0 Å². The Labute approximate surface area is 235 Å². The molecule has 0 aromatic heterocycles. The van der Waals surface area contributed by atoms with Crippen LogP contribution in [0.1, 0.15) is 30.1 Å². The third-order valence-electron chi connectivity index (χ3n) is 6.76. The average Bonchev–Trinajstić information content (AvgIpc) is 3.39. The minimum absolute atomic E-state index is 0.0689. The van der Waals surface area contributed by atoms with Gasteiger partial charge in [0.05, 0.1) is 13.2 Å². The summed E-state index contributed by atoms with van der Waals surface area (Å²) >= 11 is 0. The van der Waals surface area contributed by atoms with E-state index in [9.17, 15) is 4.79 Å². The second-order valence-electron chi connectivity index (χ2n) is 9.38. The molecule has 0 saturated heterocycles. The van der Waals surface area contributed by atoms with Gasteiger partial charge in [0.2, 0.25) is 5.90 Å². The Morgan fingerprint density at radius 2 is 1.68 bits per heavy atom. The van der Waals surface area contributed by atoms with E-state index in [2.05, 4.69) is 24.0 Å². The molecule has 3 aromatic rings. The number of aliphatic hydroxyl groups excluding tert-OH is 1. The maximum atomic E-state index is 13.8. The second kappa shape index (κ2) is 13.9. The van der Waals surface area contributed by atoms with Crippen LogP contribution in [0, 0.1) is 0 Å². The first-order valence-electron chi connectivity index (χ1n) is 13.3. The van der Waals surface area contributed by atoms with E-state index < -0.39 is 17.9 Å². The van der Waals surface area contributed by atoms with Crippen LogP contribution in [0.25, 0.3) is 11.1 Å². The first kappa shape index (κ1) is 29.0. The van der Waals surface area contributed by atoms with Gasteiger partial charge in [-0.3, -0.25) is 4.79 Å². The van der Waals surface area contributed by atoms with Crippen LogP contribution in [0.5, 0.6) is 5.75 Å². The minimum atomic E-state index is -1.30. The summed E-state index contributed by atoms with van der Waals surface area (Å²) in [6, 6.07) is 25.4. The number of hydrogen-bond acceptors (Lipinski definition) is 7. The molecule has 40 heavy (non-hydrogen) atoms. The van der Waals surface area contributed by atoms with Gasteiger partial charge < -0.3 is 29.4 Å². The van der Waals surface area contributed by atoms with E-state index in [1.165, 1.54) is 14.2 Å². The van der Waals surface area contributed by atoms with Crippen molar-refractivity contribution in [3.05, 3.63) is 103 Å². The van der Waals surface area contributed by atoms with E-state index in [1.54, 1.807) is 6.08 Å². The SMILES string of the molecule is C=CC[C@@]1(C(=O)NCC(OC)OC)N=C(c2ccc(OCCCO)cc2)O[C@@H]1c1ccc(-c2ccccc2)cc1. The van der Waals surface area contributed by atoms with E-state index >= 15 is 0 Å². The van der Waals surface area contributed by atoms with Gasteiger partial charge in [-0.2, -0.15) is 0 Å². The number of carbonyl (C=O) groups is 1. The maximum Gasteiger partial charge on any atom is 0.252 e. The number of carbonyl (C=O) groups excluding carboxylic acids is 1. The monoisotopic (exact) mass is 544 g/mol. The fourth-order valence-corrected chi connectivity index (χ4v) is 4.61. The lowest BCUT2D eigenvalue weighted by Gasteiger charge is -2.30. The fraction of sp³-hybridized carbons (Fsp3) is 0.312. The maximum absolute atomic E-state index is 13.8. The van der Waals surface area contributed by atoms with Crippen LogP contribution in [-0.2, 0) is 19.0 Å². The molecule has 1 amide bonds. The average molecular weight is 545 g/mol. The Morgan fingerprint density at radius 3 is 2.30 bits per heavy atom. The van der Waals surface area contributed by atoms with Gasteiger partial charge in [0.25, 0.3) is 5.91 Å². The molecule has 1 aliphatic rings. The molecule has 1 heterocycles. The summed E-state index contributed by atoms with van der Waals surface area (Å²) in [4.78, 5) is 18.8. The summed E-state index contributed by atoms with van der Waals surface area (Å²) in [6.45, 7) is 4.55. The Balaban J connectivity index is 1.67. The van der Waals surface area contributed by atoms with Gasteiger partial charge in [0.15, 0.2) is 17.9 Å². The molecule has 0 fully saturated rings. The van der Waals surface area contributed by atoms with Gasteiger partial charge in [0.1, 0.15) is 5.75 Å². The van der Waals surface area contributed by atoms with Crippen molar-refractivity contribution < 1.29 is 28.8 Å². The first-order chi connectivity index (χ1) is 19.5. The Hall–Kier alpha value is -3.98. The molecule has 1 aliphatic heterocycles. The van der Waals surface area contributed by atoms with Crippen molar-refractivity contribution in [3.8, 4) is 16.9 Å². The lowest BCUT2D eigenvalue weighted by molar-refractivity contribution is -0.134. The van der Waals surface area contributed by atoms with Crippen molar-refractivity contribution in [3.63, 3.8) is 0 Å². The van der Waals surface area contributed by atoms with Gasteiger partial charge in [0, 0.05) is 39.2 Å². The van der Waals surface area contributed by atoms with Crippen molar-refractivity contribution in [2.24, 2.45) is 4.99 Å². The Bertz CT molecular complexity index is 1270. The Kier molecular flexibility index (Phi) is 10.1.